The van der Waals surface area contributed by atoms with Crippen molar-refractivity contribution in [2.45, 2.75) is 13.5 Å². The number of nitrogens with one attached hydrogen (secondary N) is 1. The van der Waals surface area contributed by atoms with E-state index in [2.05, 4.69) is 27.0 Å². The van der Waals surface area contributed by atoms with E-state index in [0.717, 1.165) is 44.0 Å². The van der Waals surface area contributed by atoms with Crippen LogP contribution in [0.2, 0.25) is 0 Å². The summed E-state index contributed by atoms with van der Waals surface area (Å²) in [7, 11) is 0. The zero-order chi connectivity index (χ0) is 18.4. The van der Waals surface area contributed by atoms with Crippen LogP contribution in [0.15, 0.2) is 53.5 Å². The second-order valence-corrected chi connectivity index (χ2v) is 6.40. The van der Waals surface area contributed by atoms with E-state index < -0.39 is 0 Å². The van der Waals surface area contributed by atoms with Crippen LogP contribution < -0.4 is 16.0 Å². The van der Waals surface area contributed by atoms with Gasteiger partial charge in [-0.05, 0) is 36.4 Å². The Labute approximate surface area is 177 Å². The van der Waals surface area contributed by atoms with E-state index in [1.807, 2.05) is 42.5 Å². The number of rotatable bonds is 5. The summed E-state index contributed by atoms with van der Waals surface area (Å²) in [6.07, 6.45) is 0. The lowest BCUT2D eigenvalue weighted by molar-refractivity contribution is 0.270. The number of aliphatic imine (C=N–C) groups is 1. The van der Waals surface area contributed by atoms with Crippen molar-refractivity contribution in [1.82, 2.24) is 4.90 Å². The summed E-state index contributed by atoms with van der Waals surface area (Å²) in [5, 5.41) is 3.02. The van der Waals surface area contributed by atoms with Crippen LogP contribution in [0.1, 0.15) is 12.5 Å². The SMILES string of the molecule is CCN1CCN(c2ccc(CN=C(N)Nc3ccccc3)cc2F)CC1.I. The molecule has 0 atom stereocenters. The second kappa shape index (κ2) is 10.5. The summed E-state index contributed by atoms with van der Waals surface area (Å²) < 4.78 is 14.5. The molecule has 2 aromatic rings. The van der Waals surface area contributed by atoms with Crippen molar-refractivity contribution in [2.75, 3.05) is 42.9 Å². The highest BCUT2D eigenvalue weighted by Crippen LogP contribution is 2.22. The van der Waals surface area contributed by atoms with Gasteiger partial charge < -0.3 is 20.9 Å². The Hall–Kier alpha value is -1.87. The van der Waals surface area contributed by atoms with Gasteiger partial charge in [0.1, 0.15) is 5.82 Å². The Bertz CT molecular complexity index is 745. The molecule has 7 heteroatoms. The summed E-state index contributed by atoms with van der Waals surface area (Å²) >= 11 is 0. The smallest absolute Gasteiger partial charge is 0.193 e. The minimum atomic E-state index is -0.197. The number of nitrogens with zero attached hydrogens (tertiary/aromatic N) is 3. The quantitative estimate of drug-likeness (QED) is 0.389. The summed E-state index contributed by atoms with van der Waals surface area (Å²) in [5.41, 5.74) is 8.25. The molecule has 0 aliphatic carbocycles. The van der Waals surface area contributed by atoms with Gasteiger partial charge in [-0.1, -0.05) is 31.2 Å². The fraction of sp³-hybridized carbons (Fsp3) is 0.350. The third-order valence-corrected chi connectivity index (χ3v) is 4.65. The van der Waals surface area contributed by atoms with Gasteiger partial charge in [0.2, 0.25) is 0 Å². The Morgan fingerprint density at radius 3 is 2.44 bits per heavy atom. The standard InChI is InChI=1S/C20H26FN5.HI/c1-2-25-10-12-26(13-11-25)19-9-8-16(14-18(19)21)15-23-20(22)24-17-6-4-3-5-7-17;/h3-9,14H,2,10-13,15H2,1H3,(H3,22,23,24);1H. The van der Waals surface area contributed by atoms with Crippen LogP contribution in [-0.2, 0) is 6.54 Å². The highest BCUT2D eigenvalue weighted by Gasteiger charge is 2.18. The molecule has 0 radical (unpaired) electrons. The van der Waals surface area contributed by atoms with Crippen molar-refractivity contribution in [2.24, 2.45) is 10.7 Å². The molecule has 0 saturated carbocycles. The molecule has 1 aliphatic heterocycles. The molecule has 1 aliphatic rings. The molecule has 0 bridgehead atoms. The Morgan fingerprint density at radius 1 is 1.11 bits per heavy atom. The highest BCUT2D eigenvalue weighted by atomic mass is 127. The number of guanidine groups is 1. The van der Waals surface area contributed by atoms with Crippen molar-refractivity contribution in [1.29, 1.82) is 0 Å². The lowest BCUT2D eigenvalue weighted by atomic mass is 10.1. The van der Waals surface area contributed by atoms with Crippen molar-refractivity contribution >= 4 is 41.3 Å². The van der Waals surface area contributed by atoms with Gasteiger partial charge in [0.25, 0.3) is 0 Å². The number of hydrogen-bond donors (Lipinski definition) is 2. The van der Waals surface area contributed by atoms with Gasteiger partial charge in [-0.15, -0.1) is 24.0 Å². The van der Waals surface area contributed by atoms with Gasteiger partial charge >= 0.3 is 0 Å². The van der Waals surface area contributed by atoms with Crippen molar-refractivity contribution < 1.29 is 4.39 Å². The predicted molar refractivity (Wildman–Crippen MR) is 122 cm³/mol. The van der Waals surface area contributed by atoms with Gasteiger partial charge in [0.05, 0.1) is 12.2 Å². The van der Waals surface area contributed by atoms with Crippen molar-refractivity contribution in [3.8, 4) is 0 Å². The molecule has 3 rings (SSSR count). The van der Waals surface area contributed by atoms with Gasteiger partial charge in [-0.3, -0.25) is 0 Å². The molecular weight excluding hydrogens is 456 g/mol. The summed E-state index contributed by atoms with van der Waals surface area (Å²) in [4.78, 5) is 8.78. The lowest BCUT2D eigenvalue weighted by Gasteiger charge is -2.35. The summed E-state index contributed by atoms with van der Waals surface area (Å²) in [6, 6.07) is 14.9. The first-order valence-electron chi connectivity index (χ1n) is 9.03. The molecule has 1 heterocycles. The van der Waals surface area contributed by atoms with E-state index in [1.165, 1.54) is 0 Å². The van der Waals surface area contributed by atoms with E-state index in [1.54, 1.807) is 6.07 Å². The number of likely N-dealkylation sites (N-methyl/N-ethyl adjacent to an activating group) is 1. The van der Waals surface area contributed by atoms with Crippen LogP contribution in [0.5, 0.6) is 0 Å². The van der Waals surface area contributed by atoms with Gasteiger partial charge in [-0.2, -0.15) is 0 Å². The topological polar surface area (TPSA) is 56.9 Å². The molecule has 1 saturated heterocycles. The van der Waals surface area contributed by atoms with Crippen LogP contribution in [-0.4, -0.2) is 43.6 Å². The number of benzene rings is 2. The fourth-order valence-electron chi connectivity index (χ4n) is 3.10. The molecule has 3 N–H and O–H groups in total. The molecule has 0 aromatic heterocycles. The average Bonchev–Trinajstić information content (AvgIpc) is 2.67. The number of halogens is 2. The normalized spacial score (nSPS) is 15.3. The van der Waals surface area contributed by atoms with E-state index in [9.17, 15) is 4.39 Å². The Balaban J connectivity index is 0.00000261. The Kier molecular flexibility index (Phi) is 8.30. The molecule has 146 valence electrons. The van der Waals surface area contributed by atoms with Crippen LogP contribution in [0.25, 0.3) is 0 Å². The number of hydrogen-bond acceptors (Lipinski definition) is 3. The third kappa shape index (κ3) is 6.07. The molecular formula is C20H27FIN5. The van der Waals surface area contributed by atoms with Crippen LogP contribution in [0, 0.1) is 5.82 Å². The molecule has 0 amide bonds. The third-order valence-electron chi connectivity index (χ3n) is 4.65. The van der Waals surface area contributed by atoms with Crippen molar-refractivity contribution in [3.63, 3.8) is 0 Å². The van der Waals surface area contributed by atoms with Gasteiger partial charge in [-0.25, -0.2) is 9.38 Å². The van der Waals surface area contributed by atoms with E-state index in [4.69, 9.17) is 5.73 Å². The monoisotopic (exact) mass is 483 g/mol. The largest absolute Gasteiger partial charge is 0.370 e. The molecule has 2 aromatic carbocycles. The number of piperazine rings is 1. The number of para-hydroxylation sites is 1. The maximum atomic E-state index is 14.5. The van der Waals surface area contributed by atoms with Gasteiger partial charge in [0, 0.05) is 31.9 Å². The number of nitrogens with two attached hydrogens (primary N) is 1. The average molecular weight is 483 g/mol. The lowest BCUT2D eigenvalue weighted by Crippen LogP contribution is -2.46. The highest BCUT2D eigenvalue weighted by molar-refractivity contribution is 14.0. The van der Waals surface area contributed by atoms with Crippen LogP contribution in [0.3, 0.4) is 0 Å². The zero-order valence-corrected chi connectivity index (χ0v) is 17.9. The summed E-state index contributed by atoms with van der Waals surface area (Å²) in [5.74, 6) is 0.119. The maximum absolute atomic E-state index is 14.5. The van der Waals surface area contributed by atoms with E-state index in [0.29, 0.717) is 18.2 Å². The molecule has 0 spiro atoms. The first-order valence-corrected chi connectivity index (χ1v) is 9.03. The first-order chi connectivity index (χ1) is 12.7. The minimum absolute atomic E-state index is 0. The molecule has 0 unspecified atom stereocenters. The molecule has 27 heavy (non-hydrogen) atoms. The first kappa shape index (κ1) is 21.4. The second-order valence-electron chi connectivity index (χ2n) is 6.40. The predicted octanol–water partition coefficient (Wildman–Crippen LogP) is 3.51. The fourth-order valence-corrected chi connectivity index (χ4v) is 3.10. The maximum Gasteiger partial charge on any atom is 0.193 e. The van der Waals surface area contributed by atoms with Crippen LogP contribution >= 0.6 is 24.0 Å². The molecule has 5 nitrogen and oxygen atoms in total. The minimum Gasteiger partial charge on any atom is -0.370 e. The summed E-state index contributed by atoms with van der Waals surface area (Å²) in [6.45, 7) is 7.21. The van der Waals surface area contributed by atoms with Gasteiger partial charge in [0.15, 0.2) is 5.96 Å². The number of anilines is 2. The van der Waals surface area contributed by atoms with Crippen LogP contribution in [0.4, 0.5) is 15.8 Å². The van der Waals surface area contributed by atoms with Crippen molar-refractivity contribution in [3.05, 3.63) is 59.9 Å². The Morgan fingerprint density at radius 2 is 1.81 bits per heavy atom. The zero-order valence-electron chi connectivity index (χ0n) is 15.6. The van der Waals surface area contributed by atoms with E-state index >= 15 is 0 Å². The van der Waals surface area contributed by atoms with E-state index in [-0.39, 0.29) is 29.8 Å². The molecule has 1 fully saturated rings.